The van der Waals surface area contributed by atoms with E-state index in [0.717, 1.165) is 30.6 Å². The van der Waals surface area contributed by atoms with E-state index in [0.29, 0.717) is 5.92 Å². The van der Waals surface area contributed by atoms with Gasteiger partial charge in [0.05, 0.1) is 0 Å². The van der Waals surface area contributed by atoms with E-state index in [1.807, 2.05) is 13.8 Å². The summed E-state index contributed by atoms with van der Waals surface area (Å²) in [6, 6.07) is 13.6. The van der Waals surface area contributed by atoms with E-state index in [1.54, 1.807) is 22.3 Å². The molecule has 0 N–H and O–H groups in total. The second kappa shape index (κ2) is 25.2. The number of rotatable bonds is 13. The van der Waals surface area contributed by atoms with Crippen LogP contribution in [0.1, 0.15) is 181 Å². The predicted molar refractivity (Wildman–Crippen MR) is 187 cm³/mol. The van der Waals surface area contributed by atoms with E-state index in [4.69, 9.17) is 0 Å². The highest BCUT2D eigenvalue weighted by atomic mass is 14.2. The molecule has 0 amide bonds. The average molecular weight is 553 g/mol. The Labute approximate surface area is 254 Å². The van der Waals surface area contributed by atoms with E-state index in [9.17, 15) is 0 Å². The molecule has 0 nitrogen and oxygen atoms in total. The molecule has 0 spiro atoms. The van der Waals surface area contributed by atoms with Gasteiger partial charge in [0.25, 0.3) is 0 Å². The van der Waals surface area contributed by atoms with Crippen LogP contribution in [0, 0.1) is 11.8 Å². The van der Waals surface area contributed by atoms with Crippen LogP contribution in [0.25, 0.3) is 0 Å². The van der Waals surface area contributed by atoms with Gasteiger partial charge in [0, 0.05) is 0 Å². The van der Waals surface area contributed by atoms with E-state index >= 15 is 0 Å². The number of hydrogen-bond acceptors (Lipinski definition) is 0. The maximum Gasteiger partial charge on any atom is -0.0157 e. The second-order valence-electron chi connectivity index (χ2n) is 12.2. The molecule has 2 rings (SSSR count). The van der Waals surface area contributed by atoms with Crippen molar-refractivity contribution in [2.45, 2.75) is 173 Å². The first-order valence-electron chi connectivity index (χ1n) is 17.3. The minimum absolute atomic E-state index is 0.658. The summed E-state index contributed by atoms with van der Waals surface area (Å²) in [5.74, 6) is 3.16. The van der Waals surface area contributed by atoms with Gasteiger partial charge < -0.3 is 0 Å². The third-order valence-corrected chi connectivity index (χ3v) is 7.87. The van der Waals surface area contributed by atoms with Gasteiger partial charge in [-0.15, -0.1) is 0 Å². The zero-order valence-corrected chi connectivity index (χ0v) is 29.8. The first-order valence-corrected chi connectivity index (χ1v) is 17.3. The molecule has 2 aromatic rings. The lowest BCUT2D eigenvalue weighted by Crippen LogP contribution is -2.07. The average Bonchev–Trinajstić information content (AvgIpc) is 2.97. The molecule has 0 bridgehead atoms. The highest BCUT2D eigenvalue weighted by Gasteiger charge is 2.17. The minimum Gasteiger partial charge on any atom is -0.0683 e. The summed E-state index contributed by atoms with van der Waals surface area (Å²) < 4.78 is 0. The van der Waals surface area contributed by atoms with E-state index in [-0.39, 0.29) is 0 Å². The van der Waals surface area contributed by atoms with Crippen LogP contribution in [0.5, 0.6) is 0 Å². The lowest BCUT2D eigenvalue weighted by Gasteiger charge is -2.23. The SMILES string of the molecule is CC.CCC(C)C.CCC[C@@H](CCCC(C)C)c1c(CC)cccc1CC.CCc1cccc(CC)c1C(C)C. The molecule has 0 heteroatoms. The van der Waals surface area contributed by atoms with Crippen LogP contribution in [-0.4, -0.2) is 0 Å². The molecule has 0 fully saturated rings. The fourth-order valence-corrected chi connectivity index (χ4v) is 5.39. The maximum absolute atomic E-state index is 2.35. The van der Waals surface area contributed by atoms with Crippen molar-refractivity contribution in [3.05, 3.63) is 69.8 Å². The standard InChI is InChI=1S/C20H34.C13H20.C5H12.C2H6/c1-6-11-19(15-9-12-16(4)5)20-17(7-2)13-10-14-18(20)8-3;1-5-11-8-7-9-12(6-2)13(11)10(3)4;1-4-5(2)3;1-2/h10,13-14,16,19H,6-9,11-12,15H2,1-5H3;7-10H,5-6H2,1-4H3;5H,4H2,1-3H3;1-2H3/t19-;;;/m0.../s1. The molecule has 232 valence electrons. The molecular weight excluding hydrogens is 480 g/mol. The van der Waals surface area contributed by atoms with E-state index < -0.39 is 0 Å². The molecule has 0 aromatic heterocycles. The summed E-state index contributed by atoms with van der Waals surface area (Å²) >= 11 is 0. The first kappa shape index (κ1) is 40.6. The zero-order chi connectivity index (χ0) is 31.1. The smallest absolute Gasteiger partial charge is 0.0157 e. The summed E-state index contributed by atoms with van der Waals surface area (Å²) in [5, 5.41) is 0. The van der Waals surface area contributed by atoms with Crippen molar-refractivity contribution in [1.82, 2.24) is 0 Å². The molecule has 0 aliphatic carbocycles. The van der Waals surface area contributed by atoms with Crippen LogP contribution >= 0.6 is 0 Å². The Morgan fingerprint density at radius 1 is 0.500 bits per heavy atom. The van der Waals surface area contributed by atoms with Crippen molar-refractivity contribution in [2.24, 2.45) is 11.8 Å². The highest BCUT2D eigenvalue weighted by Crippen LogP contribution is 2.33. The van der Waals surface area contributed by atoms with E-state index in [2.05, 4.69) is 119 Å². The molecule has 0 heterocycles. The van der Waals surface area contributed by atoms with Crippen LogP contribution in [0.15, 0.2) is 36.4 Å². The Morgan fingerprint density at radius 2 is 0.875 bits per heavy atom. The Bertz CT molecular complexity index is 795. The van der Waals surface area contributed by atoms with Crippen molar-refractivity contribution in [3.63, 3.8) is 0 Å². The molecule has 0 aliphatic rings. The van der Waals surface area contributed by atoms with Crippen LogP contribution in [0.2, 0.25) is 0 Å². The van der Waals surface area contributed by atoms with Gasteiger partial charge in [-0.2, -0.15) is 0 Å². The van der Waals surface area contributed by atoms with Gasteiger partial charge in [-0.3, -0.25) is 0 Å². The van der Waals surface area contributed by atoms with Gasteiger partial charge in [-0.1, -0.05) is 159 Å². The summed E-state index contributed by atoms with van der Waals surface area (Å²) in [5.41, 5.74) is 9.50. The van der Waals surface area contributed by atoms with Gasteiger partial charge in [-0.05, 0) is 95.6 Å². The third kappa shape index (κ3) is 16.0. The monoisotopic (exact) mass is 553 g/mol. The summed E-state index contributed by atoms with van der Waals surface area (Å²) in [6.07, 6.45) is 12.7. The normalized spacial score (nSPS) is 11.3. The number of benzene rings is 2. The molecule has 0 unspecified atom stereocenters. The third-order valence-electron chi connectivity index (χ3n) is 7.87. The molecule has 0 radical (unpaired) electrons. The minimum atomic E-state index is 0.658. The molecular formula is C40H72. The summed E-state index contributed by atoms with van der Waals surface area (Å²) in [6.45, 7) is 31.3. The quantitative estimate of drug-likeness (QED) is 0.232. The van der Waals surface area contributed by atoms with Crippen molar-refractivity contribution in [1.29, 1.82) is 0 Å². The lowest BCUT2D eigenvalue weighted by molar-refractivity contribution is 0.479. The summed E-state index contributed by atoms with van der Waals surface area (Å²) in [4.78, 5) is 0. The summed E-state index contributed by atoms with van der Waals surface area (Å²) in [7, 11) is 0. The molecule has 40 heavy (non-hydrogen) atoms. The molecule has 1 atom stereocenters. The topological polar surface area (TPSA) is 0 Å². The van der Waals surface area contributed by atoms with E-state index in [1.165, 1.54) is 62.5 Å². The van der Waals surface area contributed by atoms with Crippen molar-refractivity contribution in [2.75, 3.05) is 0 Å². The van der Waals surface area contributed by atoms with Crippen molar-refractivity contribution in [3.8, 4) is 0 Å². The van der Waals surface area contributed by atoms with Crippen LogP contribution < -0.4 is 0 Å². The molecule has 2 aromatic carbocycles. The number of aryl methyl sites for hydroxylation is 4. The second-order valence-corrected chi connectivity index (χ2v) is 12.2. The Balaban J connectivity index is 0. The van der Waals surface area contributed by atoms with Crippen LogP contribution in [0.3, 0.4) is 0 Å². The zero-order valence-electron chi connectivity index (χ0n) is 29.8. The van der Waals surface area contributed by atoms with Crippen molar-refractivity contribution >= 4 is 0 Å². The lowest BCUT2D eigenvalue weighted by atomic mass is 9.82. The highest BCUT2D eigenvalue weighted by molar-refractivity contribution is 5.39. The van der Waals surface area contributed by atoms with Crippen LogP contribution in [0.4, 0.5) is 0 Å². The predicted octanol–water partition coefficient (Wildman–Crippen LogP) is 13.5. The van der Waals surface area contributed by atoms with Gasteiger partial charge in [0.1, 0.15) is 0 Å². The van der Waals surface area contributed by atoms with Crippen molar-refractivity contribution < 1.29 is 0 Å². The largest absolute Gasteiger partial charge is 0.0683 e. The molecule has 0 saturated carbocycles. The maximum atomic E-state index is 2.35. The first-order chi connectivity index (χ1) is 19.1. The Hall–Kier alpha value is -1.56. The van der Waals surface area contributed by atoms with Gasteiger partial charge >= 0.3 is 0 Å². The van der Waals surface area contributed by atoms with Crippen LogP contribution in [-0.2, 0) is 25.7 Å². The fourth-order valence-electron chi connectivity index (χ4n) is 5.39. The van der Waals surface area contributed by atoms with Gasteiger partial charge in [0.2, 0.25) is 0 Å². The fraction of sp³-hybridized carbons (Fsp3) is 0.700. The van der Waals surface area contributed by atoms with Gasteiger partial charge in [0.15, 0.2) is 0 Å². The molecule has 0 saturated heterocycles. The molecule has 0 aliphatic heterocycles. The Kier molecular flexibility index (Phi) is 25.5. The van der Waals surface area contributed by atoms with Gasteiger partial charge in [-0.25, -0.2) is 0 Å². The number of hydrogen-bond donors (Lipinski definition) is 0. The Morgan fingerprint density at radius 3 is 1.15 bits per heavy atom.